The molecule has 42 heavy (non-hydrogen) atoms. The van der Waals surface area contributed by atoms with Gasteiger partial charge in [-0.2, -0.15) is 0 Å². The highest BCUT2D eigenvalue weighted by Gasteiger charge is 2.30. The van der Waals surface area contributed by atoms with Crippen molar-refractivity contribution in [2.45, 2.75) is 38.6 Å². The number of nitrogens with zero attached hydrogens (tertiary/aromatic N) is 3. The van der Waals surface area contributed by atoms with Crippen LogP contribution in [0.1, 0.15) is 31.2 Å². The van der Waals surface area contributed by atoms with Crippen molar-refractivity contribution in [2.75, 3.05) is 13.1 Å². The molecule has 4 aromatic rings. The molecule has 0 unspecified atom stereocenters. The molecule has 0 bridgehead atoms. The fraction of sp³-hybridized carbons (Fsp3) is 0.281. The van der Waals surface area contributed by atoms with Crippen molar-refractivity contribution in [3.63, 3.8) is 0 Å². The number of pyridine rings is 1. The molecule has 1 aliphatic rings. The van der Waals surface area contributed by atoms with Gasteiger partial charge >= 0.3 is 0 Å². The number of halogens is 1. The van der Waals surface area contributed by atoms with E-state index in [9.17, 15) is 18.8 Å². The number of likely N-dealkylation sites (tertiary alicyclic amines) is 1. The predicted octanol–water partition coefficient (Wildman–Crippen LogP) is 4.50. The smallest absolute Gasteiger partial charge is 0.223 e. The summed E-state index contributed by atoms with van der Waals surface area (Å²) in [5.74, 6) is 0.206. The molecule has 0 radical (unpaired) electrons. The zero-order valence-electron chi connectivity index (χ0n) is 23.3. The van der Waals surface area contributed by atoms with E-state index in [0.29, 0.717) is 48.8 Å². The van der Waals surface area contributed by atoms with Gasteiger partial charge in [-0.25, -0.2) is 9.37 Å². The standard InChI is InChI=1S/C32H32FN5O4/c1-21(39)38-15-13-23(14-16-38)32(41)37-30(17-26-19-34-20-35-26)31(40)18-25-3-2-4-29(36-25)22-5-9-27(10-6-22)42-28-11-7-24(33)8-12-28/h2-12,19-20,23,30H,13-18H2,1H3,(H,34,35)(H,37,41)/t30-/m0/s1. The van der Waals surface area contributed by atoms with Crippen LogP contribution in [-0.2, 0) is 27.2 Å². The fourth-order valence-electron chi connectivity index (χ4n) is 4.98. The Labute approximate surface area is 243 Å². The Kier molecular flexibility index (Phi) is 9.01. The normalized spacial score (nSPS) is 14.3. The van der Waals surface area contributed by atoms with Crippen LogP contribution in [0.15, 0.2) is 79.3 Å². The number of hydrogen-bond acceptors (Lipinski definition) is 6. The van der Waals surface area contributed by atoms with Gasteiger partial charge < -0.3 is 19.9 Å². The third kappa shape index (κ3) is 7.45. The summed E-state index contributed by atoms with van der Waals surface area (Å²) in [5.41, 5.74) is 2.86. The van der Waals surface area contributed by atoms with E-state index in [1.165, 1.54) is 25.4 Å². The van der Waals surface area contributed by atoms with Crippen molar-refractivity contribution in [2.24, 2.45) is 5.92 Å². The van der Waals surface area contributed by atoms with Gasteiger partial charge in [0.15, 0.2) is 5.78 Å². The second-order valence-corrected chi connectivity index (χ2v) is 10.4. The molecule has 0 saturated carbocycles. The van der Waals surface area contributed by atoms with E-state index in [0.717, 1.165) is 11.3 Å². The Morgan fingerprint density at radius 1 is 1.02 bits per heavy atom. The van der Waals surface area contributed by atoms with E-state index in [1.807, 2.05) is 24.3 Å². The number of Topliss-reactive ketones (excluding diaryl/α,β-unsaturated/α-hetero) is 1. The highest BCUT2D eigenvalue weighted by atomic mass is 19.1. The van der Waals surface area contributed by atoms with E-state index in [1.54, 1.807) is 41.4 Å². The van der Waals surface area contributed by atoms with Crippen molar-refractivity contribution in [3.05, 3.63) is 96.5 Å². The summed E-state index contributed by atoms with van der Waals surface area (Å²) in [5, 5.41) is 2.96. The van der Waals surface area contributed by atoms with Crippen molar-refractivity contribution in [1.29, 1.82) is 0 Å². The van der Waals surface area contributed by atoms with Gasteiger partial charge in [0.05, 0.1) is 24.5 Å². The first-order valence-corrected chi connectivity index (χ1v) is 13.9. The van der Waals surface area contributed by atoms with Crippen molar-refractivity contribution >= 4 is 17.6 Å². The number of ether oxygens (including phenoxy) is 1. The molecule has 2 N–H and O–H groups in total. The molecule has 1 saturated heterocycles. The maximum absolute atomic E-state index is 13.5. The van der Waals surface area contributed by atoms with E-state index in [4.69, 9.17) is 9.72 Å². The molecule has 216 valence electrons. The quantitative estimate of drug-likeness (QED) is 0.291. The van der Waals surface area contributed by atoms with Crippen LogP contribution < -0.4 is 10.1 Å². The molecule has 2 aromatic heterocycles. The molecule has 1 fully saturated rings. The average molecular weight is 570 g/mol. The highest BCUT2D eigenvalue weighted by molar-refractivity contribution is 5.91. The predicted molar refractivity (Wildman–Crippen MR) is 154 cm³/mol. The molecule has 2 amide bonds. The second-order valence-electron chi connectivity index (χ2n) is 10.4. The van der Waals surface area contributed by atoms with Crippen LogP contribution in [0, 0.1) is 11.7 Å². The molecule has 0 aliphatic carbocycles. The van der Waals surface area contributed by atoms with Crippen molar-refractivity contribution in [1.82, 2.24) is 25.2 Å². The Morgan fingerprint density at radius 2 is 1.71 bits per heavy atom. The third-order valence-electron chi connectivity index (χ3n) is 7.36. The maximum atomic E-state index is 13.5. The summed E-state index contributed by atoms with van der Waals surface area (Å²) in [4.78, 5) is 51.8. The lowest BCUT2D eigenvalue weighted by Gasteiger charge is -2.31. The van der Waals surface area contributed by atoms with Crippen molar-refractivity contribution in [3.8, 4) is 22.8 Å². The number of rotatable bonds is 10. The molecule has 1 atom stereocenters. The zero-order chi connectivity index (χ0) is 29.5. The first kappa shape index (κ1) is 28.7. The van der Waals surface area contributed by atoms with E-state index in [2.05, 4.69) is 15.3 Å². The molecular formula is C32H32FN5O4. The molecule has 10 heteroatoms. The zero-order valence-corrected chi connectivity index (χ0v) is 23.3. The molecule has 5 rings (SSSR count). The minimum absolute atomic E-state index is 0.00478. The number of H-pyrrole nitrogens is 1. The van der Waals surface area contributed by atoms with Gasteiger partial charge in [0.2, 0.25) is 11.8 Å². The van der Waals surface area contributed by atoms with Gasteiger partial charge in [0.1, 0.15) is 17.3 Å². The first-order chi connectivity index (χ1) is 20.3. The van der Waals surface area contributed by atoms with Crippen LogP contribution in [0.5, 0.6) is 11.5 Å². The average Bonchev–Trinajstić information content (AvgIpc) is 3.52. The van der Waals surface area contributed by atoms with E-state index >= 15 is 0 Å². The summed E-state index contributed by atoms with van der Waals surface area (Å²) in [6.45, 7) is 2.59. The van der Waals surface area contributed by atoms with Crippen LogP contribution in [0.25, 0.3) is 11.3 Å². The van der Waals surface area contributed by atoms with Crippen LogP contribution in [0.2, 0.25) is 0 Å². The number of carbonyl (C=O) groups is 3. The van der Waals surface area contributed by atoms with Crippen LogP contribution in [0.4, 0.5) is 4.39 Å². The van der Waals surface area contributed by atoms with Gasteiger partial charge in [-0.05, 0) is 73.5 Å². The Morgan fingerprint density at radius 3 is 2.36 bits per heavy atom. The highest BCUT2D eigenvalue weighted by Crippen LogP contribution is 2.25. The number of carbonyl (C=O) groups excluding carboxylic acids is 3. The number of ketones is 1. The molecular weight excluding hydrogens is 537 g/mol. The number of nitrogens with one attached hydrogen (secondary N) is 2. The summed E-state index contributed by atoms with van der Waals surface area (Å²) >= 11 is 0. The number of hydrogen-bond donors (Lipinski definition) is 2. The van der Waals surface area contributed by atoms with Gasteiger partial charge in [-0.3, -0.25) is 19.4 Å². The molecule has 2 aromatic carbocycles. The molecule has 1 aliphatic heterocycles. The third-order valence-corrected chi connectivity index (χ3v) is 7.36. The lowest BCUT2D eigenvalue weighted by molar-refractivity contribution is -0.135. The van der Waals surface area contributed by atoms with Crippen LogP contribution >= 0.6 is 0 Å². The number of piperidine rings is 1. The summed E-state index contributed by atoms with van der Waals surface area (Å²) in [7, 11) is 0. The van der Waals surface area contributed by atoms with Gasteiger partial charge in [0, 0.05) is 55.5 Å². The van der Waals surface area contributed by atoms with Gasteiger partial charge in [-0.1, -0.05) is 6.07 Å². The lowest BCUT2D eigenvalue weighted by Crippen LogP contribution is -2.48. The van der Waals surface area contributed by atoms with Crippen LogP contribution in [0.3, 0.4) is 0 Å². The number of imidazole rings is 1. The number of amides is 2. The largest absolute Gasteiger partial charge is 0.457 e. The van der Waals surface area contributed by atoms with E-state index < -0.39 is 6.04 Å². The molecule has 9 nitrogen and oxygen atoms in total. The van der Waals surface area contributed by atoms with Gasteiger partial charge in [0.25, 0.3) is 0 Å². The van der Waals surface area contributed by atoms with Crippen molar-refractivity contribution < 1.29 is 23.5 Å². The van der Waals surface area contributed by atoms with Crippen LogP contribution in [-0.4, -0.2) is 56.6 Å². The topological polar surface area (TPSA) is 117 Å². The Balaban J connectivity index is 1.24. The summed E-state index contributed by atoms with van der Waals surface area (Å²) < 4.78 is 18.9. The summed E-state index contributed by atoms with van der Waals surface area (Å²) in [6, 6.07) is 17.9. The number of benzene rings is 2. The van der Waals surface area contributed by atoms with E-state index in [-0.39, 0.29) is 42.2 Å². The number of aromatic amines is 1. The fourth-order valence-corrected chi connectivity index (χ4v) is 4.98. The maximum Gasteiger partial charge on any atom is 0.223 e. The summed E-state index contributed by atoms with van der Waals surface area (Å²) in [6.07, 6.45) is 4.63. The first-order valence-electron chi connectivity index (χ1n) is 13.9. The Hall–Kier alpha value is -4.86. The molecule has 3 heterocycles. The van der Waals surface area contributed by atoms with Gasteiger partial charge in [-0.15, -0.1) is 0 Å². The minimum atomic E-state index is -0.753. The second kappa shape index (κ2) is 13.2. The SMILES string of the molecule is CC(=O)N1CCC(C(=O)N[C@@H](Cc2cnc[nH]2)C(=O)Cc2cccc(-c3ccc(Oc4ccc(F)cc4)cc3)n2)CC1. The Bertz CT molecular complexity index is 1520. The number of aromatic nitrogens is 3. The lowest BCUT2D eigenvalue weighted by atomic mass is 9.94. The minimum Gasteiger partial charge on any atom is -0.457 e. The monoisotopic (exact) mass is 569 g/mol. The molecule has 0 spiro atoms.